The zero-order valence-corrected chi connectivity index (χ0v) is 14.7. The fourth-order valence-corrected chi connectivity index (χ4v) is 3.34. The summed E-state index contributed by atoms with van der Waals surface area (Å²) in [4.78, 5) is 4.53. The smallest absolute Gasteiger partial charge is 0.137 e. The summed E-state index contributed by atoms with van der Waals surface area (Å²) in [6.45, 7) is 5.13. The summed E-state index contributed by atoms with van der Waals surface area (Å²) in [7, 11) is 0. The number of hydrogen-bond acceptors (Lipinski definition) is 3. The van der Waals surface area contributed by atoms with Crippen LogP contribution in [0.4, 0.5) is 4.39 Å². The van der Waals surface area contributed by atoms with E-state index in [-0.39, 0.29) is 11.9 Å². The van der Waals surface area contributed by atoms with Gasteiger partial charge in [0.05, 0.1) is 15.2 Å². The van der Waals surface area contributed by atoms with Gasteiger partial charge in [0.1, 0.15) is 5.82 Å². The van der Waals surface area contributed by atoms with E-state index in [1.54, 1.807) is 17.4 Å². The van der Waals surface area contributed by atoms with E-state index in [2.05, 4.69) is 38.5 Å². The Morgan fingerprint density at radius 2 is 2.19 bits per heavy atom. The van der Waals surface area contributed by atoms with Crippen LogP contribution in [0.5, 0.6) is 0 Å². The SMILES string of the molecule is CCCNC(Cc1csc(C)n1)Cc1cccc(F)c1Br. The van der Waals surface area contributed by atoms with Gasteiger partial charge >= 0.3 is 0 Å². The Hall–Kier alpha value is -0.780. The zero-order chi connectivity index (χ0) is 15.2. The number of nitrogens with zero attached hydrogens (tertiary/aromatic N) is 1. The topological polar surface area (TPSA) is 24.9 Å². The van der Waals surface area contributed by atoms with Gasteiger partial charge in [0.25, 0.3) is 0 Å². The molecule has 114 valence electrons. The van der Waals surface area contributed by atoms with E-state index in [0.717, 1.165) is 42.1 Å². The average molecular weight is 371 g/mol. The fraction of sp³-hybridized carbons (Fsp3) is 0.438. The van der Waals surface area contributed by atoms with Gasteiger partial charge in [-0.3, -0.25) is 0 Å². The Kier molecular flexibility index (Phi) is 6.33. The van der Waals surface area contributed by atoms with Gasteiger partial charge in [-0.2, -0.15) is 0 Å². The van der Waals surface area contributed by atoms with Crippen LogP contribution in [0.25, 0.3) is 0 Å². The first kappa shape index (κ1) is 16.6. The van der Waals surface area contributed by atoms with Gasteiger partial charge in [0.15, 0.2) is 0 Å². The molecule has 0 radical (unpaired) electrons. The van der Waals surface area contributed by atoms with Crippen molar-refractivity contribution in [2.75, 3.05) is 6.54 Å². The summed E-state index contributed by atoms with van der Waals surface area (Å²) in [5, 5.41) is 6.74. The molecule has 0 aliphatic heterocycles. The molecule has 2 nitrogen and oxygen atoms in total. The number of thiazole rings is 1. The minimum Gasteiger partial charge on any atom is -0.313 e. The molecule has 1 unspecified atom stereocenters. The molecule has 0 saturated carbocycles. The number of aryl methyl sites for hydroxylation is 1. The van der Waals surface area contributed by atoms with Crippen molar-refractivity contribution in [3.63, 3.8) is 0 Å². The molecule has 0 amide bonds. The second-order valence-electron chi connectivity index (χ2n) is 5.13. The normalized spacial score (nSPS) is 12.6. The number of hydrogen-bond donors (Lipinski definition) is 1. The minimum absolute atomic E-state index is 0.203. The Balaban J connectivity index is 2.10. The molecule has 0 saturated heterocycles. The molecule has 1 aromatic carbocycles. The van der Waals surface area contributed by atoms with Crippen LogP contribution >= 0.6 is 27.3 Å². The van der Waals surface area contributed by atoms with Crippen molar-refractivity contribution in [1.82, 2.24) is 10.3 Å². The first-order valence-electron chi connectivity index (χ1n) is 7.17. The van der Waals surface area contributed by atoms with Crippen molar-refractivity contribution in [3.8, 4) is 0 Å². The molecule has 21 heavy (non-hydrogen) atoms. The van der Waals surface area contributed by atoms with Gasteiger partial charge in [-0.15, -0.1) is 11.3 Å². The molecule has 1 atom stereocenters. The third-order valence-corrected chi connectivity index (χ3v) is 5.01. The van der Waals surface area contributed by atoms with E-state index < -0.39 is 0 Å². The van der Waals surface area contributed by atoms with Gasteiger partial charge in [-0.05, 0) is 53.9 Å². The summed E-state index contributed by atoms with van der Waals surface area (Å²) < 4.78 is 14.2. The lowest BCUT2D eigenvalue weighted by molar-refractivity contribution is 0.498. The predicted molar refractivity (Wildman–Crippen MR) is 90.4 cm³/mol. The lowest BCUT2D eigenvalue weighted by Crippen LogP contribution is -2.34. The molecule has 2 rings (SSSR count). The molecule has 0 aliphatic carbocycles. The van der Waals surface area contributed by atoms with E-state index >= 15 is 0 Å². The molecular weight excluding hydrogens is 351 g/mol. The molecule has 0 bridgehead atoms. The van der Waals surface area contributed by atoms with Crippen LogP contribution in [0.1, 0.15) is 29.6 Å². The maximum atomic E-state index is 13.6. The maximum Gasteiger partial charge on any atom is 0.137 e. The monoisotopic (exact) mass is 370 g/mol. The first-order chi connectivity index (χ1) is 10.1. The number of nitrogens with one attached hydrogen (secondary N) is 1. The first-order valence-corrected chi connectivity index (χ1v) is 8.84. The van der Waals surface area contributed by atoms with Crippen LogP contribution in [0.3, 0.4) is 0 Å². The summed E-state index contributed by atoms with van der Waals surface area (Å²) >= 11 is 5.02. The summed E-state index contributed by atoms with van der Waals surface area (Å²) in [6, 6.07) is 5.48. The summed E-state index contributed by atoms with van der Waals surface area (Å²) in [5.41, 5.74) is 2.11. The van der Waals surface area contributed by atoms with Gasteiger partial charge in [-0.1, -0.05) is 19.1 Å². The number of benzene rings is 1. The van der Waals surface area contributed by atoms with E-state index in [1.807, 2.05) is 13.0 Å². The van der Waals surface area contributed by atoms with Crippen molar-refractivity contribution < 1.29 is 4.39 Å². The van der Waals surface area contributed by atoms with Crippen molar-refractivity contribution in [1.29, 1.82) is 0 Å². The molecule has 1 aromatic heterocycles. The second kappa shape index (κ2) is 8.01. The highest BCUT2D eigenvalue weighted by molar-refractivity contribution is 9.10. The van der Waals surface area contributed by atoms with Crippen molar-refractivity contribution in [3.05, 3.63) is 50.1 Å². The Morgan fingerprint density at radius 3 is 2.86 bits per heavy atom. The standard InChI is InChI=1S/C16H20BrFN2S/c1-3-7-19-13(9-14-10-21-11(2)20-14)8-12-5-4-6-15(18)16(12)17/h4-6,10,13,19H,3,7-9H2,1-2H3. The number of rotatable bonds is 7. The van der Waals surface area contributed by atoms with Crippen LogP contribution in [-0.2, 0) is 12.8 Å². The quantitative estimate of drug-likeness (QED) is 0.775. The zero-order valence-electron chi connectivity index (χ0n) is 12.3. The fourth-order valence-electron chi connectivity index (χ4n) is 2.29. The van der Waals surface area contributed by atoms with E-state index in [1.165, 1.54) is 6.07 Å². The van der Waals surface area contributed by atoms with E-state index in [4.69, 9.17) is 0 Å². The van der Waals surface area contributed by atoms with Crippen LogP contribution in [-0.4, -0.2) is 17.6 Å². The van der Waals surface area contributed by atoms with Crippen molar-refractivity contribution >= 4 is 27.3 Å². The van der Waals surface area contributed by atoms with E-state index in [0.29, 0.717) is 4.47 Å². The molecular formula is C16H20BrFN2S. The van der Waals surface area contributed by atoms with Gasteiger partial charge < -0.3 is 5.32 Å². The van der Waals surface area contributed by atoms with E-state index in [9.17, 15) is 4.39 Å². The highest BCUT2D eigenvalue weighted by Crippen LogP contribution is 2.22. The van der Waals surface area contributed by atoms with Crippen molar-refractivity contribution in [2.45, 2.75) is 39.2 Å². The molecule has 0 aliphatic rings. The Bertz CT molecular complexity index is 585. The maximum absolute atomic E-state index is 13.6. The third kappa shape index (κ3) is 4.87. The molecule has 0 fully saturated rings. The van der Waals surface area contributed by atoms with Gasteiger partial charge in [0, 0.05) is 17.8 Å². The summed E-state index contributed by atoms with van der Waals surface area (Å²) in [5.74, 6) is -0.203. The largest absolute Gasteiger partial charge is 0.313 e. The average Bonchev–Trinajstić information content (AvgIpc) is 2.86. The molecule has 0 spiro atoms. The Labute approximate surface area is 137 Å². The van der Waals surface area contributed by atoms with Crippen LogP contribution in [0.2, 0.25) is 0 Å². The molecule has 1 N–H and O–H groups in total. The van der Waals surface area contributed by atoms with Gasteiger partial charge in [-0.25, -0.2) is 9.37 Å². The highest BCUT2D eigenvalue weighted by atomic mass is 79.9. The van der Waals surface area contributed by atoms with Crippen molar-refractivity contribution in [2.24, 2.45) is 0 Å². The number of aromatic nitrogens is 1. The Morgan fingerprint density at radius 1 is 1.38 bits per heavy atom. The second-order valence-corrected chi connectivity index (χ2v) is 6.99. The van der Waals surface area contributed by atoms with Crippen LogP contribution in [0.15, 0.2) is 28.1 Å². The summed E-state index contributed by atoms with van der Waals surface area (Å²) in [6.07, 6.45) is 2.74. The van der Waals surface area contributed by atoms with Crippen LogP contribution < -0.4 is 5.32 Å². The molecule has 2 aromatic rings. The lowest BCUT2D eigenvalue weighted by Gasteiger charge is -2.18. The van der Waals surface area contributed by atoms with Crippen LogP contribution in [0, 0.1) is 12.7 Å². The highest BCUT2D eigenvalue weighted by Gasteiger charge is 2.14. The lowest BCUT2D eigenvalue weighted by atomic mass is 10.0. The molecule has 5 heteroatoms. The predicted octanol–water partition coefficient (Wildman–Crippen LogP) is 4.51. The molecule has 1 heterocycles. The number of halogens is 2. The third-order valence-electron chi connectivity index (χ3n) is 3.30. The van der Waals surface area contributed by atoms with Gasteiger partial charge in [0.2, 0.25) is 0 Å². The minimum atomic E-state index is -0.203.